The van der Waals surface area contributed by atoms with Crippen molar-refractivity contribution >= 4 is 11.5 Å². The number of anilines is 1. The first-order chi connectivity index (χ1) is 12.8. The van der Waals surface area contributed by atoms with Gasteiger partial charge in [0.15, 0.2) is 0 Å². The zero-order valence-corrected chi connectivity index (χ0v) is 15.8. The number of hydrogen-bond acceptors (Lipinski definition) is 3. The Morgan fingerprint density at radius 1 is 1.15 bits per heavy atom. The molecule has 2 saturated heterocycles. The van der Waals surface area contributed by atoms with E-state index in [0.717, 1.165) is 38.9 Å². The lowest BCUT2D eigenvalue weighted by molar-refractivity contribution is -0.138. The van der Waals surface area contributed by atoms with E-state index >= 15 is 0 Å². The minimum absolute atomic E-state index is 0.0208. The molecule has 1 aromatic rings. The van der Waals surface area contributed by atoms with Crippen LogP contribution in [0.25, 0.3) is 0 Å². The topological polar surface area (TPSA) is 23.6 Å². The number of halogens is 3. The molecule has 3 fully saturated rings. The normalized spacial score (nSPS) is 26.7. The number of benzene rings is 1. The summed E-state index contributed by atoms with van der Waals surface area (Å²) < 4.78 is 40.9. The Labute approximate surface area is 158 Å². The van der Waals surface area contributed by atoms with Gasteiger partial charge in [0, 0.05) is 43.2 Å². The third kappa shape index (κ3) is 4.00. The molecule has 2 unspecified atom stereocenters. The lowest BCUT2D eigenvalue weighted by Crippen LogP contribution is -2.39. The highest BCUT2D eigenvalue weighted by Gasteiger charge is 2.38. The predicted octanol–water partition coefficient (Wildman–Crippen LogP) is 4.29. The summed E-state index contributed by atoms with van der Waals surface area (Å²) in [5.41, 5.74) is 0.0957. The highest BCUT2D eigenvalue weighted by molar-refractivity contribution is 5.85. The van der Waals surface area contributed by atoms with Crippen LogP contribution in [0.2, 0.25) is 0 Å². The Bertz CT molecular complexity index is 714. The molecule has 0 radical (unpaired) electrons. The molecule has 1 saturated carbocycles. The monoisotopic (exact) mass is 380 g/mol. The highest BCUT2D eigenvalue weighted by Crippen LogP contribution is 2.38. The molecule has 6 heteroatoms. The van der Waals surface area contributed by atoms with E-state index < -0.39 is 11.7 Å². The van der Waals surface area contributed by atoms with Crippen LogP contribution in [0.4, 0.5) is 18.9 Å². The van der Waals surface area contributed by atoms with Crippen molar-refractivity contribution in [1.82, 2.24) is 4.90 Å². The number of hydrogen-bond donors (Lipinski definition) is 0. The van der Waals surface area contributed by atoms with Gasteiger partial charge < -0.3 is 4.90 Å². The highest BCUT2D eigenvalue weighted by atomic mass is 19.4. The van der Waals surface area contributed by atoms with E-state index in [9.17, 15) is 18.0 Å². The smallest absolute Gasteiger partial charge is 0.370 e. The van der Waals surface area contributed by atoms with Gasteiger partial charge >= 0.3 is 6.18 Å². The van der Waals surface area contributed by atoms with Gasteiger partial charge in [-0.15, -0.1) is 0 Å². The summed E-state index contributed by atoms with van der Waals surface area (Å²) >= 11 is 0. The molecule has 2 heterocycles. The fourth-order valence-electron chi connectivity index (χ4n) is 4.66. The van der Waals surface area contributed by atoms with Crippen LogP contribution in [0, 0.1) is 5.92 Å². The Morgan fingerprint density at radius 2 is 1.93 bits per heavy atom. The molecule has 3 aliphatic rings. The summed E-state index contributed by atoms with van der Waals surface area (Å²) in [6.45, 7) is 4.90. The second-order valence-corrected chi connectivity index (χ2v) is 8.37. The van der Waals surface area contributed by atoms with E-state index in [1.165, 1.54) is 25.0 Å². The molecule has 3 nitrogen and oxygen atoms in total. The summed E-state index contributed by atoms with van der Waals surface area (Å²) in [5, 5.41) is 0. The van der Waals surface area contributed by atoms with Crippen molar-refractivity contribution in [3.05, 3.63) is 29.3 Å². The molecular weight excluding hydrogens is 353 g/mol. The number of ketones is 1. The number of carbonyl (C=O) groups is 1. The minimum Gasteiger partial charge on any atom is -0.370 e. The van der Waals surface area contributed by atoms with Gasteiger partial charge in [0.2, 0.25) is 0 Å². The molecule has 1 aromatic carbocycles. The number of likely N-dealkylation sites (tertiary alicyclic amines) is 1. The number of Topliss-reactive ketones (excluding diaryl/α,β-unsaturated/α-hetero) is 1. The van der Waals surface area contributed by atoms with Crippen molar-refractivity contribution in [2.75, 3.05) is 24.5 Å². The van der Waals surface area contributed by atoms with Gasteiger partial charge in [-0.05, 0) is 63.3 Å². The fourth-order valence-corrected chi connectivity index (χ4v) is 4.66. The summed E-state index contributed by atoms with van der Waals surface area (Å²) in [6.07, 6.45) is 0.516. The molecule has 0 spiro atoms. The first-order valence-corrected chi connectivity index (χ1v) is 10.1. The first kappa shape index (κ1) is 18.8. The molecule has 1 aliphatic carbocycles. The van der Waals surface area contributed by atoms with Crippen LogP contribution in [0.15, 0.2) is 18.2 Å². The lowest BCUT2D eigenvalue weighted by atomic mass is 9.99. The Hall–Kier alpha value is -1.56. The predicted molar refractivity (Wildman–Crippen MR) is 98.9 cm³/mol. The Kier molecular flexibility index (Phi) is 4.95. The molecular formula is C21H27F3N2O. The largest absolute Gasteiger partial charge is 0.416 e. The third-order valence-corrected chi connectivity index (χ3v) is 6.40. The maximum absolute atomic E-state index is 13.6. The van der Waals surface area contributed by atoms with Gasteiger partial charge in [0.1, 0.15) is 5.78 Å². The van der Waals surface area contributed by atoms with Gasteiger partial charge in [-0.3, -0.25) is 9.69 Å². The van der Waals surface area contributed by atoms with Gasteiger partial charge in [-0.1, -0.05) is 6.07 Å². The second-order valence-electron chi connectivity index (χ2n) is 8.37. The Morgan fingerprint density at radius 3 is 2.56 bits per heavy atom. The number of rotatable bonds is 5. The Balaban J connectivity index is 1.52. The average molecular weight is 380 g/mol. The van der Waals surface area contributed by atoms with Crippen molar-refractivity contribution in [2.45, 2.75) is 63.7 Å². The average Bonchev–Trinajstić information content (AvgIpc) is 3.21. The van der Waals surface area contributed by atoms with Crippen molar-refractivity contribution < 1.29 is 18.0 Å². The van der Waals surface area contributed by atoms with Crippen molar-refractivity contribution in [3.8, 4) is 0 Å². The van der Waals surface area contributed by atoms with Gasteiger partial charge in [-0.25, -0.2) is 0 Å². The fraction of sp³-hybridized carbons (Fsp3) is 0.667. The standard InChI is InChI=1S/C21H27F3N2O/c1-14-3-2-9-26(14)18-8-10-25(13-18)17-7-6-16(11-20(27)15-4-5-15)19(12-17)21(22,23)24/h6-7,12,14-15,18H,2-5,8-11,13H2,1H3. The zero-order valence-electron chi connectivity index (χ0n) is 15.8. The van der Waals surface area contributed by atoms with E-state index in [2.05, 4.69) is 16.7 Å². The molecule has 0 amide bonds. The van der Waals surface area contributed by atoms with Crippen molar-refractivity contribution in [2.24, 2.45) is 5.92 Å². The molecule has 27 heavy (non-hydrogen) atoms. The summed E-state index contributed by atoms with van der Waals surface area (Å²) in [4.78, 5) is 16.6. The van der Waals surface area contributed by atoms with E-state index in [4.69, 9.17) is 0 Å². The van der Waals surface area contributed by atoms with Gasteiger partial charge in [0.05, 0.1) is 5.56 Å². The van der Waals surface area contributed by atoms with Crippen LogP contribution >= 0.6 is 0 Å². The minimum atomic E-state index is -4.43. The first-order valence-electron chi connectivity index (χ1n) is 10.1. The molecule has 2 aliphatic heterocycles. The number of carbonyl (C=O) groups excluding carboxylic acids is 1. The zero-order chi connectivity index (χ0) is 19.2. The molecule has 148 valence electrons. The summed E-state index contributed by atoms with van der Waals surface area (Å²) in [6, 6.07) is 5.53. The second kappa shape index (κ2) is 7.12. The van der Waals surface area contributed by atoms with Crippen LogP contribution in [0.1, 0.15) is 50.2 Å². The molecule has 0 aromatic heterocycles. The maximum Gasteiger partial charge on any atom is 0.416 e. The van der Waals surface area contributed by atoms with E-state index in [1.54, 1.807) is 6.07 Å². The van der Waals surface area contributed by atoms with Crippen LogP contribution in [-0.4, -0.2) is 42.4 Å². The number of nitrogens with zero attached hydrogens (tertiary/aromatic N) is 2. The SMILES string of the molecule is CC1CCCN1C1CCN(c2ccc(CC(=O)C3CC3)c(C(F)(F)F)c2)C1. The van der Waals surface area contributed by atoms with Gasteiger partial charge in [0.25, 0.3) is 0 Å². The quantitative estimate of drug-likeness (QED) is 0.761. The van der Waals surface area contributed by atoms with E-state index in [1.807, 2.05) is 0 Å². The van der Waals surface area contributed by atoms with Crippen LogP contribution in [-0.2, 0) is 17.4 Å². The lowest BCUT2D eigenvalue weighted by Gasteiger charge is -2.29. The van der Waals surface area contributed by atoms with Crippen LogP contribution in [0.3, 0.4) is 0 Å². The van der Waals surface area contributed by atoms with E-state index in [-0.39, 0.29) is 23.7 Å². The maximum atomic E-state index is 13.6. The summed E-state index contributed by atoms with van der Waals surface area (Å²) in [5.74, 6) is -0.0786. The number of alkyl halides is 3. The van der Waals surface area contributed by atoms with Crippen molar-refractivity contribution in [1.29, 1.82) is 0 Å². The molecule has 0 N–H and O–H groups in total. The third-order valence-electron chi connectivity index (χ3n) is 6.40. The van der Waals surface area contributed by atoms with Gasteiger partial charge in [-0.2, -0.15) is 13.2 Å². The van der Waals surface area contributed by atoms with Crippen LogP contribution < -0.4 is 4.90 Å². The summed E-state index contributed by atoms with van der Waals surface area (Å²) in [7, 11) is 0. The van der Waals surface area contributed by atoms with E-state index in [0.29, 0.717) is 17.8 Å². The molecule has 0 bridgehead atoms. The van der Waals surface area contributed by atoms with Crippen LogP contribution in [0.5, 0.6) is 0 Å². The van der Waals surface area contributed by atoms with Crippen molar-refractivity contribution in [3.63, 3.8) is 0 Å². The molecule has 2 atom stereocenters. The molecule has 4 rings (SSSR count).